The summed E-state index contributed by atoms with van der Waals surface area (Å²) in [6.45, 7) is 4.43. The summed E-state index contributed by atoms with van der Waals surface area (Å²) in [7, 11) is 0. The molecule has 0 saturated heterocycles. The summed E-state index contributed by atoms with van der Waals surface area (Å²) in [5.74, 6) is 0. The van der Waals surface area contributed by atoms with E-state index in [1.165, 1.54) is 44.5 Å². The molecule has 5 aromatic carbocycles. The van der Waals surface area contributed by atoms with Gasteiger partial charge in [0.2, 0.25) is 0 Å². The van der Waals surface area contributed by atoms with E-state index in [0.717, 1.165) is 31.1 Å². The van der Waals surface area contributed by atoms with Crippen molar-refractivity contribution >= 4 is 6.29 Å². The second-order valence-corrected chi connectivity index (χ2v) is 9.37. The van der Waals surface area contributed by atoms with Crippen molar-refractivity contribution in [2.24, 2.45) is 0 Å². The number of benzene rings is 5. The normalized spacial score (nSPS) is 10.6. The van der Waals surface area contributed by atoms with E-state index >= 15 is 0 Å². The number of rotatable bonds is 4. The van der Waals surface area contributed by atoms with E-state index in [1.54, 1.807) is 12.1 Å². The van der Waals surface area contributed by atoms with E-state index in [0.29, 0.717) is 0 Å². The highest BCUT2D eigenvalue weighted by molar-refractivity contribution is 5.78. The summed E-state index contributed by atoms with van der Waals surface area (Å²) in [6, 6.07) is 43.6. The molecule has 0 aromatic heterocycles. The maximum atomic E-state index is 10.0. The van der Waals surface area contributed by atoms with Gasteiger partial charge in [-0.25, -0.2) is 0 Å². The summed E-state index contributed by atoms with van der Waals surface area (Å²) >= 11 is 0. The van der Waals surface area contributed by atoms with Crippen LogP contribution < -0.4 is 0 Å². The van der Waals surface area contributed by atoms with Crippen molar-refractivity contribution in [2.75, 3.05) is 0 Å². The molecule has 1 aliphatic rings. The molecule has 0 fully saturated rings. The first-order valence-electron chi connectivity index (χ1n) is 12.9. The molecule has 1 nitrogen and oxygen atoms in total. The Morgan fingerprint density at radius 1 is 0.568 bits per heavy atom. The highest BCUT2D eigenvalue weighted by Gasteiger charge is 2.19. The van der Waals surface area contributed by atoms with Gasteiger partial charge in [-0.15, -0.1) is 0 Å². The van der Waals surface area contributed by atoms with E-state index in [9.17, 15) is 4.79 Å². The maximum absolute atomic E-state index is 10.0. The molecule has 0 bridgehead atoms. The second-order valence-electron chi connectivity index (χ2n) is 9.37. The summed E-state index contributed by atoms with van der Waals surface area (Å²) in [4.78, 5) is 10.0. The van der Waals surface area contributed by atoms with Crippen molar-refractivity contribution in [1.82, 2.24) is 0 Å². The minimum atomic E-state index is 0.729. The van der Waals surface area contributed by atoms with E-state index in [1.807, 2.05) is 18.2 Å². The van der Waals surface area contributed by atoms with Crippen LogP contribution in [0.2, 0.25) is 0 Å². The molecular weight excluding hydrogens is 448 g/mol. The molecule has 0 unspecified atom stereocenters. The van der Waals surface area contributed by atoms with Crippen molar-refractivity contribution in [3.05, 3.63) is 166 Å². The lowest BCUT2D eigenvalue weighted by atomic mass is 9.98. The van der Waals surface area contributed by atoms with Gasteiger partial charge in [-0.3, -0.25) is 4.79 Å². The predicted molar refractivity (Wildman–Crippen MR) is 156 cm³/mol. The molecule has 0 atom stereocenters. The van der Waals surface area contributed by atoms with E-state index in [4.69, 9.17) is 0 Å². The van der Waals surface area contributed by atoms with Crippen LogP contribution >= 0.6 is 0 Å². The Kier molecular flexibility index (Phi) is 9.21. The lowest BCUT2D eigenvalue weighted by Crippen LogP contribution is -1.89. The van der Waals surface area contributed by atoms with Crippen LogP contribution in [-0.2, 0) is 19.3 Å². The maximum Gasteiger partial charge on any atom is 0.150 e. The Balaban J connectivity index is 0.000000136. The van der Waals surface area contributed by atoms with Gasteiger partial charge in [0, 0.05) is 5.56 Å². The molecule has 0 aliphatic heterocycles. The van der Waals surface area contributed by atoms with Crippen molar-refractivity contribution in [3.63, 3.8) is 0 Å². The monoisotopic (exact) mass is 482 g/mol. The molecule has 0 saturated carbocycles. The zero-order valence-corrected chi connectivity index (χ0v) is 21.7. The van der Waals surface area contributed by atoms with Gasteiger partial charge in [-0.05, 0) is 77.6 Å². The van der Waals surface area contributed by atoms with Crippen molar-refractivity contribution < 1.29 is 4.79 Å². The Bertz CT molecular complexity index is 1360. The average Bonchev–Trinajstić information content (AvgIpc) is 3.36. The molecule has 6 rings (SSSR count). The van der Waals surface area contributed by atoms with Crippen molar-refractivity contribution in [3.8, 4) is 11.1 Å². The molecule has 0 radical (unpaired) electrons. The molecule has 1 heteroatoms. The summed E-state index contributed by atoms with van der Waals surface area (Å²) in [6.07, 6.45) is 4.20. The number of aryl methyl sites for hydroxylation is 3. The predicted octanol–water partition coefficient (Wildman–Crippen LogP) is 8.85. The number of hydrogen-bond acceptors (Lipinski definition) is 1. The first-order chi connectivity index (χ1) is 18.2. The average molecular weight is 483 g/mol. The Morgan fingerprint density at radius 3 is 1.62 bits per heavy atom. The molecule has 37 heavy (non-hydrogen) atoms. The van der Waals surface area contributed by atoms with E-state index in [2.05, 4.69) is 111 Å². The van der Waals surface area contributed by atoms with Crippen LogP contribution in [0, 0.1) is 13.8 Å². The van der Waals surface area contributed by atoms with Crippen LogP contribution in [0.1, 0.15) is 43.7 Å². The zero-order valence-electron chi connectivity index (χ0n) is 21.7. The first-order valence-corrected chi connectivity index (χ1v) is 12.9. The van der Waals surface area contributed by atoms with Crippen LogP contribution in [-0.4, -0.2) is 6.29 Å². The number of carbonyl (C=O) groups excluding carboxylic acids is 1. The van der Waals surface area contributed by atoms with Gasteiger partial charge in [0.25, 0.3) is 0 Å². The van der Waals surface area contributed by atoms with Crippen LogP contribution in [0.25, 0.3) is 11.1 Å². The molecule has 0 spiro atoms. The largest absolute Gasteiger partial charge is 0.298 e. The molecular formula is C36H34O. The fraction of sp³-hybridized carbons (Fsp3) is 0.139. The molecule has 5 aromatic rings. The number of aldehydes is 1. The Morgan fingerprint density at radius 2 is 1.08 bits per heavy atom. The van der Waals surface area contributed by atoms with Crippen molar-refractivity contribution in [1.29, 1.82) is 0 Å². The van der Waals surface area contributed by atoms with Crippen LogP contribution in [0.15, 0.2) is 127 Å². The van der Waals surface area contributed by atoms with Crippen LogP contribution in [0.3, 0.4) is 0 Å². The summed E-state index contributed by atoms with van der Waals surface area (Å²) in [5, 5.41) is 0. The smallest absolute Gasteiger partial charge is 0.150 e. The minimum absolute atomic E-state index is 0.729. The third-order valence-corrected chi connectivity index (χ3v) is 6.87. The van der Waals surface area contributed by atoms with Crippen LogP contribution in [0.5, 0.6) is 0 Å². The SMILES string of the molecule is Cc1ccc2c(c1C)Cc1ccccc1-2.O=Cc1ccccc1.c1ccc(CCc2ccccc2)cc1. The topological polar surface area (TPSA) is 17.1 Å². The van der Waals surface area contributed by atoms with E-state index < -0.39 is 0 Å². The molecule has 0 heterocycles. The fourth-order valence-electron chi connectivity index (χ4n) is 4.59. The molecule has 0 amide bonds. The standard InChI is InChI=1S/C15H14.C14H14.C7H6O/c1-10-7-8-14-13-6-4-3-5-12(13)9-15(14)11(10)2;1-3-7-13(8-4-1)11-12-14-9-5-2-6-10-14;8-6-7-4-2-1-3-5-7/h3-8H,9H2,1-2H3;1-10H,11-12H2;1-6H. The number of hydrogen-bond donors (Lipinski definition) is 0. The number of carbonyl (C=O) groups is 1. The zero-order chi connectivity index (χ0) is 25.9. The lowest BCUT2D eigenvalue weighted by Gasteiger charge is -2.06. The lowest BCUT2D eigenvalue weighted by molar-refractivity contribution is 0.112. The van der Waals surface area contributed by atoms with Crippen molar-refractivity contribution in [2.45, 2.75) is 33.1 Å². The van der Waals surface area contributed by atoms with E-state index in [-0.39, 0.29) is 0 Å². The van der Waals surface area contributed by atoms with Gasteiger partial charge >= 0.3 is 0 Å². The minimum Gasteiger partial charge on any atom is -0.298 e. The van der Waals surface area contributed by atoms with Gasteiger partial charge in [-0.2, -0.15) is 0 Å². The molecule has 0 N–H and O–H groups in total. The number of fused-ring (bicyclic) bond motifs is 3. The van der Waals surface area contributed by atoms with Gasteiger partial charge in [0.1, 0.15) is 6.29 Å². The second kappa shape index (κ2) is 13.2. The third-order valence-electron chi connectivity index (χ3n) is 6.87. The van der Waals surface area contributed by atoms with Gasteiger partial charge in [-0.1, -0.05) is 127 Å². The van der Waals surface area contributed by atoms with Gasteiger partial charge in [0.15, 0.2) is 0 Å². The van der Waals surface area contributed by atoms with Crippen LogP contribution in [0.4, 0.5) is 0 Å². The molecule has 1 aliphatic carbocycles. The first kappa shape index (κ1) is 25.9. The summed E-state index contributed by atoms with van der Waals surface area (Å²) < 4.78 is 0. The Hall–Kier alpha value is -4.23. The quantitative estimate of drug-likeness (QED) is 0.229. The Labute approximate surface area is 221 Å². The van der Waals surface area contributed by atoms with Gasteiger partial charge < -0.3 is 0 Å². The fourth-order valence-corrected chi connectivity index (χ4v) is 4.59. The highest BCUT2D eigenvalue weighted by Crippen LogP contribution is 2.38. The van der Waals surface area contributed by atoms with Gasteiger partial charge in [0.05, 0.1) is 0 Å². The molecule has 184 valence electrons. The highest BCUT2D eigenvalue weighted by atomic mass is 16.1. The third kappa shape index (κ3) is 7.15. The summed E-state index contributed by atoms with van der Waals surface area (Å²) in [5.41, 5.74) is 12.3.